The van der Waals surface area contributed by atoms with Gasteiger partial charge in [-0.2, -0.15) is 5.10 Å². The largest absolute Gasteiger partial charge is 0.310 e. The topological polar surface area (TPSA) is 42.7 Å². The molecule has 0 saturated carbocycles. The number of nitrogens with zero attached hydrogens (tertiary/aromatic N) is 3. The quantitative estimate of drug-likeness (QED) is 0.777. The Bertz CT molecular complexity index is 278. The number of nitrogens with one attached hydrogen (secondary N) is 1. The molecule has 0 radical (unpaired) electrons. The highest BCUT2D eigenvalue weighted by Crippen LogP contribution is 1.98. The molecule has 0 amide bonds. The zero-order valence-corrected chi connectivity index (χ0v) is 10.2. The second kappa shape index (κ2) is 5.85. The number of hydrogen-bond acceptors (Lipinski definition) is 3. The molecule has 4 heteroatoms. The van der Waals surface area contributed by atoms with Gasteiger partial charge >= 0.3 is 0 Å². The van der Waals surface area contributed by atoms with Crippen LogP contribution in [0, 0.1) is 11.8 Å². The predicted octanol–water partition coefficient (Wildman–Crippen LogP) is 1.68. The fourth-order valence-corrected chi connectivity index (χ4v) is 1.35. The van der Waals surface area contributed by atoms with Crippen molar-refractivity contribution < 1.29 is 0 Å². The summed E-state index contributed by atoms with van der Waals surface area (Å²) >= 11 is 0. The molecule has 4 nitrogen and oxygen atoms in total. The van der Waals surface area contributed by atoms with E-state index in [-0.39, 0.29) is 0 Å². The van der Waals surface area contributed by atoms with E-state index in [2.05, 4.69) is 43.1 Å². The number of aromatic nitrogens is 3. The van der Waals surface area contributed by atoms with Gasteiger partial charge in [-0.15, -0.1) is 0 Å². The minimum absolute atomic E-state index is 0.614. The van der Waals surface area contributed by atoms with Gasteiger partial charge in [-0.25, -0.2) is 4.98 Å². The van der Waals surface area contributed by atoms with Gasteiger partial charge in [0, 0.05) is 6.54 Å². The second-order valence-electron chi connectivity index (χ2n) is 4.80. The summed E-state index contributed by atoms with van der Waals surface area (Å²) in [6.45, 7) is 11.5. The Balaban J connectivity index is 2.33. The Hall–Kier alpha value is -0.900. The minimum Gasteiger partial charge on any atom is -0.310 e. The van der Waals surface area contributed by atoms with E-state index in [1.54, 1.807) is 0 Å². The molecule has 0 unspecified atom stereocenters. The lowest BCUT2D eigenvalue weighted by atomic mass is 10.2. The lowest BCUT2D eigenvalue weighted by Crippen LogP contribution is -2.20. The maximum absolute atomic E-state index is 4.39. The predicted molar refractivity (Wildman–Crippen MR) is 61.4 cm³/mol. The van der Waals surface area contributed by atoms with Gasteiger partial charge in [-0.1, -0.05) is 27.7 Å². The van der Waals surface area contributed by atoms with Crippen molar-refractivity contribution in [3.8, 4) is 0 Å². The number of hydrogen-bond donors (Lipinski definition) is 1. The number of rotatable bonds is 6. The van der Waals surface area contributed by atoms with E-state index < -0.39 is 0 Å². The molecule has 1 N–H and O–H groups in total. The molecular weight excluding hydrogens is 188 g/mol. The normalized spacial score (nSPS) is 11.6. The van der Waals surface area contributed by atoms with Crippen LogP contribution in [-0.4, -0.2) is 21.3 Å². The van der Waals surface area contributed by atoms with Gasteiger partial charge in [0.05, 0.1) is 6.54 Å². The van der Waals surface area contributed by atoms with Gasteiger partial charge in [0.25, 0.3) is 0 Å². The molecular formula is C11H22N4. The van der Waals surface area contributed by atoms with Crippen LogP contribution in [0.5, 0.6) is 0 Å². The first kappa shape index (κ1) is 12.2. The molecule has 15 heavy (non-hydrogen) atoms. The van der Waals surface area contributed by atoms with Crippen LogP contribution in [0.2, 0.25) is 0 Å². The smallest absolute Gasteiger partial charge is 0.164 e. The van der Waals surface area contributed by atoms with Crippen LogP contribution >= 0.6 is 0 Å². The van der Waals surface area contributed by atoms with Crippen molar-refractivity contribution in [3.63, 3.8) is 0 Å². The van der Waals surface area contributed by atoms with Crippen LogP contribution in [0.1, 0.15) is 33.5 Å². The minimum atomic E-state index is 0.614. The molecule has 0 spiro atoms. The van der Waals surface area contributed by atoms with E-state index >= 15 is 0 Å². The highest BCUT2D eigenvalue weighted by atomic mass is 15.3. The zero-order valence-electron chi connectivity index (χ0n) is 10.2. The molecule has 0 saturated heterocycles. The molecule has 0 aliphatic rings. The Labute approximate surface area is 92.1 Å². The molecule has 0 aliphatic heterocycles. The van der Waals surface area contributed by atoms with Crippen LogP contribution in [0.4, 0.5) is 0 Å². The summed E-state index contributed by atoms with van der Waals surface area (Å²) in [4.78, 5) is 4.26. The molecule has 1 heterocycles. The van der Waals surface area contributed by atoms with E-state index in [1.165, 1.54) is 0 Å². The molecule has 0 aliphatic carbocycles. The average molecular weight is 210 g/mol. The molecule has 0 fully saturated rings. The van der Waals surface area contributed by atoms with Crippen LogP contribution in [-0.2, 0) is 13.1 Å². The first-order chi connectivity index (χ1) is 7.08. The third kappa shape index (κ3) is 4.93. The summed E-state index contributed by atoms with van der Waals surface area (Å²) in [6, 6.07) is 0. The van der Waals surface area contributed by atoms with Crippen molar-refractivity contribution in [2.45, 2.75) is 40.8 Å². The lowest BCUT2D eigenvalue weighted by molar-refractivity contribution is 0.475. The fourth-order valence-electron chi connectivity index (χ4n) is 1.35. The van der Waals surface area contributed by atoms with E-state index in [9.17, 15) is 0 Å². The molecule has 1 aromatic rings. The van der Waals surface area contributed by atoms with Gasteiger partial charge in [-0.05, 0) is 18.4 Å². The standard InChI is InChI=1S/C11H22N4/c1-9(2)5-12-6-11-13-8-15(14-11)7-10(3)4/h8-10,12H,5-7H2,1-4H3. The third-order valence-electron chi connectivity index (χ3n) is 1.97. The molecule has 0 bridgehead atoms. The first-order valence-corrected chi connectivity index (χ1v) is 5.67. The Kier molecular flexibility index (Phi) is 4.75. The summed E-state index contributed by atoms with van der Waals surface area (Å²) in [5, 5.41) is 7.72. The van der Waals surface area contributed by atoms with Crippen LogP contribution in [0.25, 0.3) is 0 Å². The Morgan fingerprint density at radius 2 is 2.00 bits per heavy atom. The molecule has 1 aromatic heterocycles. The van der Waals surface area contributed by atoms with Crippen LogP contribution < -0.4 is 5.32 Å². The lowest BCUT2D eigenvalue weighted by Gasteiger charge is -2.05. The van der Waals surface area contributed by atoms with Gasteiger partial charge < -0.3 is 5.32 Å². The summed E-state index contributed by atoms with van der Waals surface area (Å²) in [6.07, 6.45) is 1.81. The van der Waals surface area contributed by atoms with E-state index in [0.29, 0.717) is 11.8 Å². The molecule has 0 atom stereocenters. The molecule has 0 aromatic carbocycles. The zero-order chi connectivity index (χ0) is 11.3. The SMILES string of the molecule is CC(C)CNCc1ncn(CC(C)C)n1. The highest BCUT2D eigenvalue weighted by Gasteiger charge is 2.02. The van der Waals surface area contributed by atoms with Crippen LogP contribution in [0.3, 0.4) is 0 Å². The van der Waals surface area contributed by atoms with Crippen molar-refractivity contribution in [2.75, 3.05) is 6.54 Å². The van der Waals surface area contributed by atoms with E-state index in [4.69, 9.17) is 0 Å². The van der Waals surface area contributed by atoms with Crippen molar-refractivity contribution >= 4 is 0 Å². The van der Waals surface area contributed by atoms with Crippen molar-refractivity contribution in [1.82, 2.24) is 20.1 Å². The highest BCUT2D eigenvalue weighted by molar-refractivity contribution is 4.80. The third-order valence-corrected chi connectivity index (χ3v) is 1.97. The van der Waals surface area contributed by atoms with Gasteiger partial charge in [-0.3, -0.25) is 4.68 Å². The van der Waals surface area contributed by atoms with Gasteiger partial charge in [0.1, 0.15) is 6.33 Å². The van der Waals surface area contributed by atoms with Crippen molar-refractivity contribution in [2.24, 2.45) is 11.8 Å². The monoisotopic (exact) mass is 210 g/mol. The summed E-state index contributed by atoms with van der Waals surface area (Å²) in [5.74, 6) is 2.17. The van der Waals surface area contributed by atoms with Crippen molar-refractivity contribution in [3.05, 3.63) is 12.2 Å². The first-order valence-electron chi connectivity index (χ1n) is 5.67. The average Bonchev–Trinajstić information content (AvgIpc) is 2.50. The fraction of sp³-hybridized carbons (Fsp3) is 0.818. The van der Waals surface area contributed by atoms with Gasteiger partial charge in [0.2, 0.25) is 0 Å². The summed E-state index contributed by atoms with van der Waals surface area (Å²) < 4.78 is 1.91. The Morgan fingerprint density at radius 3 is 2.60 bits per heavy atom. The van der Waals surface area contributed by atoms with Gasteiger partial charge in [0.15, 0.2) is 5.82 Å². The second-order valence-corrected chi connectivity index (χ2v) is 4.80. The maximum atomic E-state index is 4.39. The van der Waals surface area contributed by atoms with E-state index in [1.807, 2.05) is 11.0 Å². The van der Waals surface area contributed by atoms with E-state index in [0.717, 1.165) is 25.5 Å². The van der Waals surface area contributed by atoms with Crippen molar-refractivity contribution in [1.29, 1.82) is 0 Å². The maximum Gasteiger partial charge on any atom is 0.164 e. The molecule has 1 rings (SSSR count). The molecule has 86 valence electrons. The van der Waals surface area contributed by atoms with Crippen LogP contribution in [0.15, 0.2) is 6.33 Å². The summed E-state index contributed by atoms with van der Waals surface area (Å²) in [5.41, 5.74) is 0. The Morgan fingerprint density at radius 1 is 1.27 bits per heavy atom. The summed E-state index contributed by atoms with van der Waals surface area (Å²) in [7, 11) is 0.